The maximum Gasteiger partial charge on any atom is 0.303 e. The van der Waals surface area contributed by atoms with Gasteiger partial charge in [-0.15, -0.1) is 0 Å². The zero-order chi connectivity index (χ0) is 12.3. The third-order valence-corrected chi connectivity index (χ3v) is 1.49. The van der Waals surface area contributed by atoms with E-state index in [0.717, 1.165) is 12.8 Å². The van der Waals surface area contributed by atoms with Crippen LogP contribution in [-0.2, 0) is 4.79 Å². The highest BCUT2D eigenvalue weighted by Crippen LogP contribution is 2.08. The predicted molar refractivity (Wildman–Crippen MR) is 66.1 cm³/mol. The van der Waals surface area contributed by atoms with Crippen LogP contribution in [0, 0.1) is 5.41 Å². The van der Waals surface area contributed by atoms with Gasteiger partial charge in [-0.3, -0.25) is 4.79 Å². The van der Waals surface area contributed by atoms with E-state index in [1.54, 1.807) is 0 Å². The van der Waals surface area contributed by atoms with E-state index in [0.29, 0.717) is 11.8 Å². The van der Waals surface area contributed by atoms with Gasteiger partial charge in [0.25, 0.3) is 0 Å². The molecule has 1 N–H and O–H groups in total. The highest BCUT2D eigenvalue weighted by molar-refractivity contribution is 5.66. The fraction of sp³-hybridized carbons (Fsp3) is 0.923. The maximum atomic E-state index is 10.0. The van der Waals surface area contributed by atoms with Crippen molar-refractivity contribution in [1.82, 2.24) is 0 Å². The Kier molecular flexibility index (Phi) is 11.3. The van der Waals surface area contributed by atoms with Crippen molar-refractivity contribution in [3.63, 3.8) is 0 Å². The number of hydrogen-bond acceptors (Lipinski definition) is 1. The monoisotopic (exact) mass is 216 g/mol. The molecule has 0 aliphatic rings. The largest absolute Gasteiger partial charge is 0.481 e. The van der Waals surface area contributed by atoms with Crippen LogP contribution >= 0.6 is 0 Å². The van der Waals surface area contributed by atoms with E-state index in [9.17, 15) is 4.79 Å². The van der Waals surface area contributed by atoms with Crippen molar-refractivity contribution in [2.24, 2.45) is 5.41 Å². The van der Waals surface area contributed by atoms with Gasteiger partial charge in [-0.25, -0.2) is 0 Å². The van der Waals surface area contributed by atoms with E-state index in [-0.39, 0.29) is 0 Å². The number of aliphatic carboxylic acids is 1. The van der Waals surface area contributed by atoms with Gasteiger partial charge in [0.15, 0.2) is 0 Å². The maximum absolute atomic E-state index is 10.0. The van der Waals surface area contributed by atoms with Crippen LogP contribution in [0.4, 0.5) is 0 Å². The predicted octanol–water partition coefficient (Wildman–Crippen LogP) is 4.48. The molecule has 0 aromatic rings. The molecule has 0 amide bonds. The van der Waals surface area contributed by atoms with Gasteiger partial charge in [0.1, 0.15) is 0 Å². The number of carboxylic acids is 1. The van der Waals surface area contributed by atoms with E-state index in [4.69, 9.17) is 5.11 Å². The van der Waals surface area contributed by atoms with Crippen LogP contribution in [0.1, 0.15) is 73.1 Å². The first kappa shape index (κ1) is 16.9. The highest BCUT2D eigenvalue weighted by Gasteiger charge is 1.95. The van der Waals surface area contributed by atoms with Crippen LogP contribution in [0.15, 0.2) is 0 Å². The third kappa shape index (κ3) is 42.3. The Morgan fingerprint density at radius 3 is 1.73 bits per heavy atom. The van der Waals surface area contributed by atoms with E-state index in [2.05, 4.69) is 34.6 Å². The van der Waals surface area contributed by atoms with Crippen LogP contribution in [0.5, 0.6) is 0 Å². The Balaban J connectivity index is 0. The summed E-state index contributed by atoms with van der Waals surface area (Å²) < 4.78 is 0. The molecule has 0 rings (SSSR count). The third-order valence-electron chi connectivity index (χ3n) is 1.49. The minimum absolute atomic E-state index is 0.337. The molecule has 0 radical (unpaired) electrons. The van der Waals surface area contributed by atoms with Gasteiger partial charge in [0.2, 0.25) is 0 Å². The summed E-state index contributed by atoms with van der Waals surface area (Å²) in [7, 11) is 0. The quantitative estimate of drug-likeness (QED) is 0.664. The second kappa shape index (κ2) is 10.0. The van der Waals surface area contributed by atoms with Gasteiger partial charge in [0, 0.05) is 6.42 Å². The summed E-state index contributed by atoms with van der Waals surface area (Å²) in [5, 5.41) is 8.27. The lowest BCUT2D eigenvalue weighted by Crippen LogP contribution is -1.93. The average molecular weight is 216 g/mol. The molecule has 2 nitrogen and oxygen atoms in total. The molecule has 2 heteroatoms. The minimum atomic E-state index is -0.670. The first-order chi connectivity index (χ1) is 6.77. The minimum Gasteiger partial charge on any atom is -0.481 e. The molecule has 0 aromatic carbocycles. The van der Waals surface area contributed by atoms with E-state index in [1.165, 1.54) is 19.3 Å². The van der Waals surface area contributed by atoms with Crippen LogP contribution in [-0.4, -0.2) is 11.1 Å². The molecule has 0 spiro atoms. The van der Waals surface area contributed by atoms with E-state index in [1.807, 2.05) is 0 Å². The Bertz CT molecular complexity index is 139. The Morgan fingerprint density at radius 2 is 1.40 bits per heavy atom. The summed E-state index contributed by atoms with van der Waals surface area (Å²) in [6.45, 7) is 10.9. The summed E-state index contributed by atoms with van der Waals surface area (Å²) in [5.74, 6) is -0.670. The molecular formula is C13H28O2. The number of carbonyl (C=O) groups is 1. The molecule has 0 atom stereocenters. The zero-order valence-corrected chi connectivity index (χ0v) is 11.1. The smallest absolute Gasteiger partial charge is 0.303 e. The van der Waals surface area contributed by atoms with Crippen LogP contribution in [0.3, 0.4) is 0 Å². The van der Waals surface area contributed by atoms with Gasteiger partial charge in [-0.05, 0) is 11.8 Å². The van der Waals surface area contributed by atoms with Crippen molar-refractivity contribution in [2.75, 3.05) is 0 Å². The van der Waals surface area contributed by atoms with Crippen LogP contribution in [0.25, 0.3) is 0 Å². The number of hydrogen-bond donors (Lipinski definition) is 1. The Hall–Kier alpha value is -0.530. The van der Waals surface area contributed by atoms with Crippen molar-refractivity contribution in [2.45, 2.75) is 73.1 Å². The SMILES string of the molecule is CC(C)(C)C.CCCCCCCC(=O)O. The molecule has 0 heterocycles. The van der Waals surface area contributed by atoms with Gasteiger partial charge in [-0.1, -0.05) is 60.3 Å². The van der Waals surface area contributed by atoms with Crippen molar-refractivity contribution in [3.8, 4) is 0 Å². The lowest BCUT2D eigenvalue weighted by Gasteiger charge is -2.05. The molecule has 92 valence electrons. The molecule has 0 aliphatic carbocycles. The van der Waals surface area contributed by atoms with Gasteiger partial charge >= 0.3 is 5.97 Å². The molecule has 0 saturated heterocycles. The first-order valence-electron chi connectivity index (χ1n) is 5.99. The molecule has 0 fully saturated rings. The van der Waals surface area contributed by atoms with Crippen molar-refractivity contribution >= 4 is 5.97 Å². The van der Waals surface area contributed by atoms with Crippen LogP contribution in [0.2, 0.25) is 0 Å². The molecule has 15 heavy (non-hydrogen) atoms. The summed E-state index contributed by atoms with van der Waals surface area (Å²) >= 11 is 0. The average Bonchev–Trinajstić information content (AvgIpc) is 2.00. The van der Waals surface area contributed by atoms with Gasteiger partial charge < -0.3 is 5.11 Å². The van der Waals surface area contributed by atoms with E-state index < -0.39 is 5.97 Å². The number of unbranched alkanes of at least 4 members (excludes halogenated alkanes) is 4. The van der Waals surface area contributed by atoms with Crippen molar-refractivity contribution in [3.05, 3.63) is 0 Å². The Morgan fingerprint density at radius 1 is 1.00 bits per heavy atom. The standard InChI is InChI=1S/C8H16O2.C5H12/c1-2-3-4-5-6-7-8(9)10;1-5(2,3)4/h2-7H2,1H3,(H,9,10);1-4H3. The fourth-order valence-electron chi connectivity index (χ4n) is 0.880. The summed E-state index contributed by atoms with van der Waals surface area (Å²) in [6.07, 6.45) is 5.88. The van der Waals surface area contributed by atoms with Crippen molar-refractivity contribution < 1.29 is 9.90 Å². The van der Waals surface area contributed by atoms with E-state index >= 15 is 0 Å². The summed E-state index contributed by atoms with van der Waals surface area (Å²) in [6, 6.07) is 0. The topological polar surface area (TPSA) is 37.3 Å². The summed E-state index contributed by atoms with van der Waals surface area (Å²) in [5.41, 5.74) is 0.500. The molecular weight excluding hydrogens is 188 g/mol. The highest BCUT2D eigenvalue weighted by atomic mass is 16.4. The molecule has 0 bridgehead atoms. The zero-order valence-electron chi connectivity index (χ0n) is 11.1. The fourth-order valence-corrected chi connectivity index (χ4v) is 0.880. The summed E-state index contributed by atoms with van der Waals surface area (Å²) in [4.78, 5) is 10.0. The lowest BCUT2D eigenvalue weighted by molar-refractivity contribution is -0.137. The van der Waals surface area contributed by atoms with Crippen molar-refractivity contribution in [1.29, 1.82) is 0 Å². The van der Waals surface area contributed by atoms with Crippen LogP contribution < -0.4 is 0 Å². The lowest BCUT2D eigenvalue weighted by atomic mass is 10.0. The van der Waals surface area contributed by atoms with Gasteiger partial charge in [-0.2, -0.15) is 0 Å². The normalized spacial score (nSPS) is 10.5. The van der Waals surface area contributed by atoms with Gasteiger partial charge in [0.05, 0.1) is 0 Å². The number of carboxylic acid groups (broad SMARTS) is 1. The second-order valence-electron chi connectivity index (χ2n) is 5.56. The second-order valence-corrected chi connectivity index (χ2v) is 5.56. The molecule has 0 unspecified atom stereocenters. The molecule has 0 saturated carbocycles. The molecule has 0 aliphatic heterocycles. The Labute approximate surface area is 95.1 Å². The molecule has 0 aromatic heterocycles. The number of rotatable bonds is 6. The first-order valence-corrected chi connectivity index (χ1v) is 5.99.